The lowest BCUT2D eigenvalue weighted by atomic mass is 9.73. The molecule has 0 amide bonds. The van der Waals surface area contributed by atoms with Gasteiger partial charge in [0.05, 0.1) is 16.7 Å². The minimum absolute atomic E-state index is 0.0470. The van der Waals surface area contributed by atoms with E-state index in [1.165, 1.54) is 24.3 Å². The van der Waals surface area contributed by atoms with E-state index in [-0.39, 0.29) is 39.5 Å². The first-order chi connectivity index (χ1) is 11.3. The average Bonchev–Trinajstić information content (AvgIpc) is 2.50. The number of benzene rings is 2. The van der Waals surface area contributed by atoms with Gasteiger partial charge in [-0.05, 0) is 43.0 Å². The minimum atomic E-state index is -0.897. The molecule has 5 heteroatoms. The lowest BCUT2D eigenvalue weighted by Gasteiger charge is -2.33. The predicted octanol–water partition coefficient (Wildman–Crippen LogP) is 2.11. The van der Waals surface area contributed by atoms with Crippen molar-refractivity contribution in [3.8, 4) is 11.5 Å². The van der Waals surface area contributed by atoms with Crippen molar-refractivity contribution in [1.82, 2.24) is 0 Å². The van der Waals surface area contributed by atoms with Crippen LogP contribution in [0.15, 0.2) is 24.3 Å². The number of aromatic hydroxyl groups is 2. The number of fused-ring (bicyclic) bond motifs is 4. The Balaban J connectivity index is 2.02. The molecule has 122 valence electrons. The Hall–Kier alpha value is -2.66. The van der Waals surface area contributed by atoms with Crippen molar-refractivity contribution in [2.75, 3.05) is 0 Å². The van der Waals surface area contributed by atoms with Gasteiger partial charge in [-0.25, -0.2) is 0 Å². The quantitative estimate of drug-likeness (QED) is 0.589. The second-order valence-corrected chi connectivity index (χ2v) is 6.82. The zero-order valence-electron chi connectivity index (χ0n) is 13.1. The molecule has 1 atom stereocenters. The normalized spacial score (nSPS) is 21.9. The molecule has 0 fully saturated rings. The van der Waals surface area contributed by atoms with Crippen LogP contribution in [-0.2, 0) is 12.8 Å². The van der Waals surface area contributed by atoms with Crippen LogP contribution in [-0.4, -0.2) is 32.5 Å². The number of rotatable bonds is 0. The number of hydrogen-bond acceptors (Lipinski definition) is 5. The largest absolute Gasteiger partial charge is 0.507 e. The Morgan fingerprint density at radius 3 is 2.50 bits per heavy atom. The van der Waals surface area contributed by atoms with E-state index < -0.39 is 11.4 Å². The SMILES string of the molecule is CC1(O)CCc2c(cc(O)c3c2C(=O)c2cccc(O)c2C3=O)C1. The molecule has 5 nitrogen and oxygen atoms in total. The highest BCUT2D eigenvalue weighted by Gasteiger charge is 2.39. The van der Waals surface area contributed by atoms with Crippen molar-refractivity contribution < 1.29 is 24.9 Å². The highest BCUT2D eigenvalue weighted by atomic mass is 16.3. The zero-order chi connectivity index (χ0) is 17.2. The first-order valence-corrected chi connectivity index (χ1v) is 7.81. The molecule has 2 aromatic rings. The number of phenolic OH excluding ortho intramolecular Hbond substituents is 2. The highest BCUT2D eigenvalue weighted by Crippen LogP contribution is 2.42. The van der Waals surface area contributed by atoms with E-state index in [1.54, 1.807) is 6.92 Å². The van der Waals surface area contributed by atoms with Crippen LogP contribution >= 0.6 is 0 Å². The summed E-state index contributed by atoms with van der Waals surface area (Å²) in [7, 11) is 0. The van der Waals surface area contributed by atoms with E-state index in [0.29, 0.717) is 30.4 Å². The van der Waals surface area contributed by atoms with E-state index in [2.05, 4.69) is 0 Å². The van der Waals surface area contributed by atoms with Gasteiger partial charge in [0.2, 0.25) is 5.78 Å². The number of ketones is 2. The summed E-state index contributed by atoms with van der Waals surface area (Å²) >= 11 is 0. The monoisotopic (exact) mass is 324 g/mol. The average molecular weight is 324 g/mol. The molecule has 3 N–H and O–H groups in total. The fraction of sp³-hybridized carbons (Fsp3) is 0.263. The van der Waals surface area contributed by atoms with E-state index >= 15 is 0 Å². The molecule has 0 aromatic heterocycles. The van der Waals surface area contributed by atoms with Gasteiger partial charge >= 0.3 is 0 Å². The maximum absolute atomic E-state index is 13.0. The third kappa shape index (κ3) is 1.91. The number of hydrogen-bond donors (Lipinski definition) is 3. The van der Waals surface area contributed by atoms with Crippen molar-refractivity contribution in [2.24, 2.45) is 0 Å². The summed E-state index contributed by atoms with van der Waals surface area (Å²) in [4.78, 5) is 25.7. The van der Waals surface area contributed by atoms with Crippen LogP contribution in [0.4, 0.5) is 0 Å². The first kappa shape index (κ1) is 14.9. The maximum Gasteiger partial charge on any atom is 0.201 e. The fourth-order valence-corrected chi connectivity index (χ4v) is 3.81. The van der Waals surface area contributed by atoms with Crippen molar-refractivity contribution in [3.05, 3.63) is 57.6 Å². The summed E-state index contributed by atoms with van der Waals surface area (Å²) in [6, 6.07) is 5.83. The van der Waals surface area contributed by atoms with E-state index in [9.17, 15) is 24.9 Å². The van der Waals surface area contributed by atoms with Gasteiger partial charge in [-0.1, -0.05) is 12.1 Å². The summed E-state index contributed by atoms with van der Waals surface area (Å²) in [5.41, 5.74) is 0.753. The molecule has 2 aliphatic carbocycles. The van der Waals surface area contributed by atoms with Crippen LogP contribution in [0.5, 0.6) is 11.5 Å². The smallest absolute Gasteiger partial charge is 0.201 e. The van der Waals surface area contributed by atoms with E-state index in [0.717, 1.165) is 0 Å². The van der Waals surface area contributed by atoms with E-state index in [1.807, 2.05) is 0 Å². The second-order valence-electron chi connectivity index (χ2n) is 6.82. The van der Waals surface area contributed by atoms with Gasteiger partial charge in [0.15, 0.2) is 5.78 Å². The van der Waals surface area contributed by atoms with Crippen LogP contribution in [0.25, 0.3) is 0 Å². The Bertz CT molecular complexity index is 924. The third-order valence-electron chi connectivity index (χ3n) is 4.96. The molecular weight excluding hydrogens is 308 g/mol. The van der Waals surface area contributed by atoms with Crippen LogP contribution in [0, 0.1) is 0 Å². The van der Waals surface area contributed by atoms with Crippen molar-refractivity contribution >= 4 is 11.6 Å². The molecule has 2 aliphatic rings. The van der Waals surface area contributed by atoms with Gasteiger partial charge < -0.3 is 15.3 Å². The summed E-state index contributed by atoms with van der Waals surface area (Å²) in [6.45, 7) is 1.72. The van der Waals surface area contributed by atoms with Crippen LogP contribution in [0.2, 0.25) is 0 Å². The Morgan fingerprint density at radius 1 is 1.00 bits per heavy atom. The summed E-state index contributed by atoms with van der Waals surface area (Å²) in [5.74, 6) is -1.47. The molecule has 2 aromatic carbocycles. The molecule has 24 heavy (non-hydrogen) atoms. The standard InChI is InChI=1S/C19H16O5/c1-19(24)6-5-10-9(8-19)7-13(21)16-15(10)17(22)11-3-2-4-12(20)14(11)18(16)23/h2-4,7,20-21,24H,5-6,8H2,1H3. The minimum Gasteiger partial charge on any atom is -0.507 e. The molecule has 0 heterocycles. The molecule has 0 bridgehead atoms. The van der Waals surface area contributed by atoms with Crippen LogP contribution in [0.1, 0.15) is 56.3 Å². The Labute approximate surface area is 138 Å². The summed E-state index contributed by atoms with van der Waals surface area (Å²) in [6.07, 6.45) is 1.25. The van der Waals surface area contributed by atoms with Crippen molar-refractivity contribution in [2.45, 2.75) is 31.8 Å². The van der Waals surface area contributed by atoms with E-state index in [4.69, 9.17) is 0 Å². The molecule has 4 rings (SSSR count). The van der Waals surface area contributed by atoms with Gasteiger partial charge in [0, 0.05) is 17.5 Å². The number of carbonyl (C=O) groups excluding carboxylic acids is 2. The third-order valence-corrected chi connectivity index (χ3v) is 4.96. The van der Waals surface area contributed by atoms with Crippen LogP contribution in [0.3, 0.4) is 0 Å². The molecule has 0 aliphatic heterocycles. The van der Waals surface area contributed by atoms with Gasteiger partial charge in [0.25, 0.3) is 0 Å². The molecule has 0 spiro atoms. The van der Waals surface area contributed by atoms with Gasteiger partial charge in [0.1, 0.15) is 11.5 Å². The van der Waals surface area contributed by atoms with Crippen molar-refractivity contribution in [3.63, 3.8) is 0 Å². The van der Waals surface area contributed by atoms with Crippen molar-refractivity contribution in [1.29, 1.82) is 0 Å². The lowest BCUT2D eigenvalue weighted by molar-refractivity contribution is 0.0456. The lowest BCUT2D eigenvalue weighted by Crippen LogP contribution is -2.34. The topological polar surface area (TPSA) is 94.8 Å². The zero-order valence-corrected chi connectivity index (χ0v) is 13.1. The number of carbonyl (C=O) groups is 2. The second kappa shape index (κ2) is 4.68. The maximum atomic E-state index is 13.0. The summed E-state index contributed by atoms with van der Waals surface area (Å²) in [5, 5.41) is 30.6. The Kier molecular flexibility index (Phi) is 2.90. The molecule has 0 saturated carbocycles. The molecule has 0 radical (unpaired) electrons. The van der Waals surface area contributed by atoms with Crippen LogP contribution < -0.4 is 0 Å². The van der Waals surface area contributed by atoms with Gasteiger partial charge in [-0.3, -0.25) is 9.59 Å². The first-order valence-electron chi connectivity index (χ1n) is 7.81. The highest BCUT2D eigenvalue weighted by molar-refractivity contribution is 6.30. The summed E-state index contributed by atoms with van der Waals surface area (Å²) < 4.78 is 0. The number of phenols is 2. The van der Waals surface area contributed by atoms with Gasteiger partial charge in [-0.2, -0.15) is 0 Å². The Morgan fingerprint density at radius 2 is 1.75 bits per heavy atom. The van der Waals surface area contributed by atoms with Gasteiger partial charge in [-0.15, -0.1) is 0 Å². The molecule has 1 unspecified atom stereocenters. The predicted molar refractivity (Wildman–Crippen MR) is 85.7 cm³/mol. The molecule has 0 saturated heterocycles. The number of aliphatic hydroxyl groups is 1. The molecular formula is C19H16O5. The fourth-order valence-electron chi connectivity index (χ4n) is 3.81.